The Kier molecular flexibility index (Phi) is 6.31. The van der Waals surface area contributed by atoms with E-state index in [1.807, 2.05) is 12.4 Å². The fourth-order valence-electron chi connectivity index (χ4n) is 3.12. The van der Waals surface area contributed by atoms with Crippen LogP contribution >= 0.6 is 0 Å². The highest BCUT2D eigenvalue weighted by Crippen LogP contribution is 2.27. The van der Waals surface area contributed by atoms with Crippen molar-refractivity contribution in [3.8, 4) is 0 Å². The van der Waals surface area contributed by atoms with Crippen LogP contribution in [0, 0.1) is 5.92 Å². The van der Waals surface area contributed by atoms with Crippen LogP contribution in [0.4, 0.5) is 5.69 Å². The van der Waals surface area contributed by atoms with E-state index in [1.54, 1.807) is 0 Å². The van der Waals surface area contributed by atoms with Crippen molar-refractivity contribution in [3.63, 3.8) is 0 Å². The lowest BCUT2D eigenvalue weighted by molar-refractivity contribution is 0.378. The molecule has 1 fully saturated rings. The maximum Gasteiger partial charge on any atom is 0.0598 e. The number of pyridine rings is 1. The molecule has 1 aliphatic rings. The van der Waals surface area contributed by atoms with Gasteiger partial charge in [-0.1, -0.05) is 26.7 Å². The molecule has 20 heavy (non-hydrogen) atoms. The van der Waals surface area contributed by atoms with E-state index in [-0.39, 0.29) is 0 Å². The summed E-state index contributed by atoms with van der Waals surface area (Å²) in [6.45, 7) is 8.93. The van der Waals surface area contributed by atoms with Gasteiger partial charge in [0, 0.05) is 25.8 Å². The third-order valence-electron chi connectivity index (χ3n) is 4.28. The van der Waals surface area contributed by atoms with E-state index >= 15 is 0 Å². The van der Waals surface area contributed by atoms with E-state index in [0.29, 0.717) is 0 Å². The average Bonchev–Trinajstić information content (AvgIpc) is 2.49. The minimum Gasteiger partial charge on any atom is -0.370 e. The molecule has 1 N–H and O–H groups in total. The van der Waals surface area contributed by atoms with Gasteiger partial charge in [-0.15, -0.1) is 0 Å². The Balaban J connectivity index is 1.95. The predicted molar refractivity (Wildman–Crippen MR) is 86.1 cm³/mol. The molecule has 0 saturated carbocycles. The van der Waals surface area contributed by atoms with Crippen molar-refractivity contribution in [1.29, 1.82) is 0 Å². The second-order valence-corrected chi connectivity index (χ2v) is 5.90. The SMILES string of the molecule is CCCNCc1ccncc1N1CCC(CCC)CC1. The first-order valence-corrected chi connectivity index (χ1v) is 8.23. The second-order valence-electron chi connectivity index (χ2n) is 5.90. The summed E-state index contributed by atoms with van der Waals surface area (Å²) < 4.78 is 0. The van der Waals surface area contributed by atoms with Gasteiger partial charge in [0.05, 0.1) is 11.9 Å². The van der Waals surface area contributed by atoms with Crippen LogP contribution in [0.2, 0.25) is 0 Å². The van der Waals surface area contributed by atoms with Crippen LogP contribution in [0.15, 0.2) is 18.5 Å². The normalized spacial score (nSPS) is 16.6. The fraction of sp³-hybridized carbons (Fsp3) is 0.706. The third-order valence-corrected chi connectivity index (χ3v) is 4.28. The van der Waals surface area contributed by atoms with Gasteiger partial charge in [0.15, 0.2) is 0 Å². The monoisotopic (exact) mass is 275 g/mol. The summed E-state index contributed by atoms with van der Waals surface area (Å²) >= 11 is 0. The number of rotatable bonds is 7. The Morgan fingerprint density at radius 3 is 2.75 bits per heavy atom. The molecule has 1 aromatic rings. The molecule has 0 radical (unpaired) electrons. The molecule has 0 atom stereocenters. The number of aromatic nitrogens is 1. The van der Waals surface area contributed by atoms with Gasteiger partial charge in [0.25, 0.3) is 0 Å². The zero-order chi connectivity index (χ0) is 14.2. The van der Waals surface area contributed by atoms with Gasteiger partial charge in [-0.05, 0) is 43.4 Å². The molecule has 1 aliphatic heterocycles. The van der Waals surface area contributed by atoms with Gasteiger partial charge in [0.1, 0.15) is 0 Å². The van der Waals surface area contributed by atoms with Gasteiger partial charge < -0.3 is 10.2 Å². The topological polar surface area (TPSA) is 28.2 Å². The molecule has 0 amide bonds. The summed E-state index contributed by atoms with van der Waals surface area (Å²) in [4.78, 5) is 6.86. The molecule has 2 rings (SSSR count). The van der Waals surface area contributed by atoms with E-state index in [4.69, 9.17) is 0 Å². The smallest absolute Gasteiger partial charge is 0.0598 e. The predicted octanol–water partition coefficient (Wildman–Crippen LogP) is 3.60. The lowest BCUT2D eigenvalue weighted by Gasteiger charge is -2.34. The van der Waals surface area contributed by atoms with Crippen LogP contribution in [0.25, 0.3) is 0 Å². The van der Waals surface area contributed by atoms with Gasteiger partial charge in [0.2, 0.25) is 0 Å². The van der Waals surface area contributed by atoms with Gasteiger partial charge in [-0.2, -0.15) is 0 Å². The second kappa shape index (κ2) is 8.25. The Bertz CT molecular complexity index is 384. The molecule has 1 aromatic heterocycles. The Labute approximate surface area is 123 Å². The highest BCUT2D eigenvalue weighted by Gasteiger charge is 2.20. The van der Waals surface area contributed by atoms with Crippen LogP contribution < -0.4 is 10.2 Å². The quantitative estimate of drug-likeness (QED) is 0.771. The lowest BCUT2D eigenvalue weighted by atomic mass is 9.92. The maximum absolute atomic E-state index is 4.33. The highest BCUT2D eigenvalue weighted by molar-refractivity contribution is 5.52. The largest absolute Gasteiger partial charge is 0.370 e. The molecule has 3 nitrogen and oxygen atoms in total. The van der Waals surface area contributed by atoms with Crippen molar-refractivity contribution >= 4 is 5.69 Å². The minimum atomic E-state index is 0.939. The summed E-state index contributed by atoms with van der Waals surface area (Å²) in [5.41, 5.74) is 2.73. The van der Waals surface area contributed by atoms with Crippen molar-refractivity contribution in [2.75, 3.05) is 24.5 Å². The average molecular weight is 275 g/mol. The Morgan fingerprint density at radius 2 is 2.05 bits per heavy atom. The number of piperidine rings is 1. The number of anilines is 1. The minimum absolute atomic E-state index is 0.939. The van der Waals surface area contributed by atoms with E-state index < -0.39 is 0 Å². The fourth-order valence-corrected chi connectivity index (χ4v) is 3.12. The lowest BCUT2D eigenvalue weighted by Crippen LogP contribution is -2.34. The molecule has 0 unspecified atom stereocenters. The van der Waals surface area contributed by atoms with Crippen molar-refractivity contribution in [3.05, 3.63) is 24.0 Å². The summed E-state index contributed by atoms with van der Waals surface area (Å²) in [5, 5.41) is 3.51. The van der Waals surface area contributed by atoms with Crippen LogP contribution in [-0.2, 0) is 6.54 Å². The van der Waals surface area contributed by atoms with Gasteiger partial charge in [-0.25, -0.2) is 0 Å². The van der Waals surface area contributed by atoms with E-state index in [2.05, 4.69) is 35.1 Å². The maximum atomic E-state index is 4.33. The number of hydrogen-bond donors (Lipinski definition) is 1. The summed E-state index contributed by atoms with van der Waals surface area (Å²) in [6, 6.07) is 2.16. The van der Waals surface area contributed by atoms with Crippen molar-refractivity contribution < 1.29 is 0 Å². The molecular weight excluding hydrogens is 246 g/mol. The van der Waals surface area contributed by atoms with Crippen molar-refractivity contribution in [2.24, 2.45) is 5.92 Å². The van der Waals surface area contributed by atoms with E-state index in [0.717, 1.165) is 19.0 Å². The van der Waals surface area contributed by atoms with Crippen LogP contribution in [-0.4, -0.2) is 24.6 Å². The summed E-state index contributed by atoms with van der Waals surface area (Å²) in [7, 11) is 0. The zero-order valence-electron chi connectivity index (χ0n) is 13.1. The summed E-state index contributed by atoms with van der Waals surface area (Å²) in [5.74, 6) is 0.939. The molecule has 2 heterocycles. The first-order valence-electron chi connectivity index (χ1n) is 8.23. The van der Waals surface area contributed by atoms with Crippen LogP contribution in [0.3, 0.4) is 0 Å². The zero-order valence-corrected chi connectivity index (χ0v) is 13.1. The molecule has 112 valence electrons. The molecule has 0 spiro atoms. The molecule has 0 aliphatic carbocycles. The molecule has 3 heteroatoms. The van der Waals surface area contributed by atoms with Crippen molar-refractivity contribution in [2.45, 2.75) is 52.5 Å². The van der Waals surface area contributed by atoms with Gasteiger partial charge in [-0.3, -0.25) is 4.98 Å². The molecular formula is C17H29N3. The number of nitrogens with one attached hydrogen (secondary N) is 1. The van der Waals surface area contributed by atoms with Gasteiger partial charge >= 0.3 is 0 Å². The first-order chi connectivity index (χ1) is 9.85. The van der Waals surface area contributed by atoms with Crippen molar-refractivity contribution in [1.82, 2.24) is 10.3 Å². The number of hydrogen-bond acceptors (Lipinski definition) is 3. The molecule has 1 saturated heterocycles. The standard InChI is InChI=1S/C17H29N3/c1-3-5-15-7-11-20(12-8-15)17-14-19-10-6-16(17)13-18-9-4-2/h6,10,14-15,18H,3-5,7-9,11-13H2,1-2H3. The van der Waals surface area contributed by atoms with E-state index in [9.17, 15) is 0 Å². The highest BCUT2D eigenvalue weighted by atomic mass is 15.1. The third kappa shape index (κ3) is 4.20. The first kappa shape index (κ1) is 15.3. The molecule has 0 bridgehead atoms. The Hall–Kier alpha value is -1.09. The Morgan fingerprint density at radius 1 is 1.25 bits per heavy atom. The summed E-state index contributed by atoms with van der Waals surface area (Å²) in [6.07, 6.45) is 10.5. The van der Waals surface area contributed by atoms with Crippen LogP contribution in [0.1, 0.15) is 51.5 Å². The number of nitrogens with zero attached hydrogens (tertiary/aromatic N) is 2. The van der Waals surface area contributed by atoms with E-state index in [1.165, 1.54) is 56.4 Å². The molecule has 0 aromatic carbocycles. The van der Waals surface area contributed by atoms with Crippen LogP contribution in [0.5, 0.6) is 0 Å².